The van der Waals surface area contributed by atoms with Crippen LogP contribution in [0.2, 0.25) is 15.1 Å². The van der Waals surface area contributed by atoms with Crippen molar-refractivity contribution in [1.82, 2.24) is 0 Å². The lowest BCUT2D eigenvalue weighted by Gasteiger charge is -2.12. The molecular weight excluding hydrogens is 507 g/mol. The second kappa shape index (κ2) is 10.3. The molecule has 1 amide bonds. The highest BCUT2D eigenvalue weighted by molar-refractivity contribution is 7.87. The van der Waals surface area contributed by atoms with Crippen molar-refractivity contribution in [3.8, 4) is 11.8 Å². The van der Waals surface area contributed by atoms with Crippen molar-refractivity contribution in [3.05, 3.63) is 92.4 Å². The fourth-order valence-electron chi connectivity index (χ4n) is 2.76. The lowest BCUT2D eigenvalue weighted by atomic mass is 10.1. The Morgan fingerprint density at radius 1 is 1.03 bits per heavy atom. The molecule has 0 aliphatic carbocycles. The summed E-state index contributed by atoms with van der Waals surface area (Å²) in [5.41, 5.74) is 1.12. The summed E-state index contributed by atoms with van der Waals surface area (Å²) < 4.78 is 30.7. The molecule has 3 aromatic rings. The van der Waals surface area contributed by atoms with E-state index in [1.54, 1.807) is 24.3 Å². The molecular formula is C23H15Cl3N2O4S. The van der Waals surface area contributed by atoms with Crippen molar-refractivity contribution in [2.75, 3.05) is 5.32 Å². The van der Waals surface area contributed by atoms with E-state index in [0.29, 0.717) is 10.7 Å². The maximum atomic E-state index is 12.7. The minimum atomic E-state index is -4.30. The third-order valence-electron chi connectivity index (χ3n) is 4.27. The number of nitrogens with zero attached hydrogens (tertiary/aromatic N) is 1. The molecule has 0 atom stereocenters. The predicted molar refractivity (Wildman–Crippen MR) is 129 cm³/mol. The Hall–Kier alpha value is -3.02. The number of hydrogen-bond acceptors (Lipinski definition) is 5. The summed E-state index contributed by atoms with van der Waals surface area (Å²) in [7, 11) is -4.30. The van der Waals surface area contributed by atoms with E-state index in [-0.39, 0.29) is 31.8 Å². The number of benzene rings is 3. The molecule has 0 radical (unpaired) electrons. The highest BCUT2D eigenvalue weighted by atomic mass is 35.5. The van der Waals surface area contributed by atoms with Gasteiger partial charge in [0.1, 0.15) is 16.5 Å². The van der Waals surface area contributed by atoms with Crippen LogP contribution >= 0.6 is 34.8 Å². The zero-order valence-corrected chi connectivity index (χ0v) is 20.1. The molecule has 0 unspecified atom stereocenters. The molecule has 10 heteroatoms. The first kappa shape index (κ1) is 24.6. The molecule has 3 aromatic carbocycles. The molecule has 0 aliphatic rings. The highest BCUT2D eigenvalue weighted by Crippen LogP contribution is 2.36. The average Bonchev–Trinajstić information content (AvgIpc) is 2.74. The minimum absolute atomic E-state index is 0.0287. The fourth-order valence-corrected chi connectivity index (χ4v) is 4.45. The Morgan fingerprint density at radius 3 is 2.36 bits per heavy atom. The number of rotatable bonds is 6. The van der Waals surface area contributed by atoms with Crippen molar-refractivity contribution in [2.24, 2.45) is 0 Å². The van der Waals surface area contributed by atoms with E-state index in [1.165, 1.54) is 36.4 Å². The lowest BCUT2D eigenvalue weighted by molar-refractivity contribution is -0.112. The van der Waals surface area contributed by atoms with Gasteiger partial charge in [0.2, 0.25) is 0 Å². The first-order valence-corrected chi connectivity index (χ1v) is 11.8. The van der Waals surface area contributed by atoms with Crippen LogP contribution in [-0.2, 0) is 14.9 Å². The summed E-state index contributed by atoms with van der Waals surface area (Å²) in [5.74, 6) is -0.988. The second-order valence-electron chi connectivity index (χ2n) is 6.79. The molecule has 0 aromatic heterocycles. The zero-order chi connectivity index (χ0) is 24.2. The van der Waals surface area contributed by atoms with Gasteiger partial charge in [0.25, 0.3) is 5.91 Å². The summed E-state index contributed by atoms with van der Waals surface area (Å²) >= 11 is 18.1. The molecule has 0 fully saturated rings. The number of nitriles is 1. The maximum absolute atomic E-state index is 12.7. The molecule has 0 aliphatic heterocycles. The summed E-state index contributed by atoms with van der Waals surface area (Å²) in [6.07, 6.45) is 1.15. The van der Waals surface area contributed by atoms with Crippen molar-refractivity contribution in [2.45, 2.75) is 11.8 Å². The molecule has 0 saturated carbocycles. The SMILES string of the molecule is Cc1cccc(NC(=O)/C(C#N)=C/c2cc(Cl)cc(Cl)c2OS(=O)(=O)c2ccc(Cl)cc2)c1. The van der Waals surface area contributed by atoms with Gasteiger partial charge in [0, 0.05) is 21.3 Å². The van der Waals surface area contributed by atoms with Gasteiger partial charge in [0.05, 0.1) is 5.02 Å². The fraction of sp³-hybridized carbons (Fsp3) is 0.0435. The molecule has 0 saturated heterocycles. The molecule has 33 heavy (non-hydrogen) atoms. The Labute approximate surface area is 206 Å². The van der Waals surface area contributed by atoms with Gasteiger partial charge >= 0.3 is 10.1 Å². The van der Waals surface area contributed by atoms with E-state index in [1.807, 2.05) is 13.0 Å². The van der Waals surface area contributed by atoms with Crippen LogP contribution in [0.15, 0.2) is 71.1 Å². The first-order valence-electron chi connectivity index (χ1n) is 9.28. The first-order chi connectivity index (χ1) is 15.6. The van der Waals surface area contributed by atoms with Crippen molar-refractivity contribution < 1.29 is 17.4 Å². The van der Waals surface area contributed by atoms with Gasteiger partial charge in [-0.25, -0.2) is 0 Å². The Morgan fingerprint density at radius 2 is 1.73 bits per heavy atom. The van der Waals surface area contributed by atoms with E-state index in [2.05, 4.69) is 5.32 Å². The van der Waals surface area contributed by atoms with E-state index in [0.717, 1.165) is 11.6 Å². The third kappa shape index (κ3) is 6.28. The molecule has 1 N–H and O–H groups in total. The molecule has 0 spiro atoms. The predicted octanol–water partition coefficient (Wildman–Crippen LogP) is 6.27. The van der Waals surface area contributed by atoms with E-state index >= 15 is 0 Å². The van der Waals surface area contributed by atoms with Crippen LogP contribution in [0, 0.1) is 18.3 Å². The summed E-state index contributed by atoms with van der Waals surface area (Å²) in [6, 6.07) is 16.8. The van der Waals surface area contributed by atoms with Crippen LogP contribution < -0.4 is 9.50 Å². The number of aryl methyl sites for hydroxylation is 1. The van der Waals surface area contributed by atoms with E-state index in [4.69, 9.17) is 39.0 Å². The Bertz CT molecular complexity index is 1400. The quantitative estimate of drug-likeness (QED) is 0.234. The number of nitrogens with one attached hydrogen (secondary N) is 1. The smallest absolute Gasteiger partial charge is 0.339 e. The van der Waals surface area contributed by atoms with Gasteiger partial charge < -0.3 is 9.50 Å². The largest absolute Gasteiger partial charge is 0.377 e. The van der Waals surface area contributed by atoms with E-state index in [9.17, 15) is 18.5 Å². The standard InChI is InChI=1S/C23H15Cl3N2O4S/c1-14-3-2-4-19(9-14)28-23(29)16(13-27)10-15-11-18(25)12-21(26)22(15)32-33(30,31)20-7-5-17(24)6-8-20/h2-12H,1H3,(H,28,29)/b16-10+. The molecule has 168 valence electrons. The normalized spacial score (nSPS) is 11.5. The van der Waals surface area contributed by atoms with Crippen molar-refractivity contribution in [1.29, 1.82) is 5.26 Å². The molecule has 0 heterocycles. The summed E-state index contributed by atoms with van der Waals surface area (Å²) in [5, 5.41) is 12.5. The second-order valence-corrected chi connectivity index (χ2v) is 9.62. The van der Waals surface area contributed by atoms with Gasteiger partial charge in [0.15, 0.2) is 5.75 Å². The van der Waals surface area contributed by atoms with Crippen LogP contribution in [0.5, 0.6) is 5.75 Å². The third-order valence-corrected chi connectivity index (χ3v) is 6.26. The monoisotopic (exact) mass is 520 g/mol. The Kier molecular flexibility index (Phi) is 7.67. The van der Waals surface area contributed by atoms with Gasteiger partial charge in [-0.1, -0.05) is 46.9 Å². The number of halogens is 3. The summed E-state index contributed by atoms with van der Waals surface area (Å²) in [6.45, 7) is 1.86. The van der Waals surface area contributed by atoms with Gasteiger partial charge in [-0.05, 0) is 67.1 Å². The van der Waals surface area contributed by atoms with Crippen LogP contribution in [0.25, 0.3) is 6.08 Å². The number of carbonyl (C=O) groups is 1. The molecule has 6 nitrogen and oxygen atoms in total. The molecule has 0 bridgehead atoms. The van der Waals surface area contributed by atoms with Gasteiger partial charge in [-0.3, -0.25) is 4.79 Å². The van der Waals surface area contributed by atoms with Gasteiger partial charge in [-0.15, -0.1) is 0 Å². The van der Waals surface area contributed by atoms with Crippen LogP contribution in [-0.4, -0.2) is 14.3 Å². The van der Waals surface area contributed by atoms with Crippen molar-refractivity contribution in [3.63, 3.8) is 0 Å². The molecule has 3 rings (SSSR count). The number of anilines is 1. The maximum Gasteiger partial charge on any atom is 0.339 e. The van der Waals surface area contributed by atoms with Crippen molar-refractivity contribution >= 4 is 62.6 Å². The topological polar surface area (TPSA) is 96.3 Å². The highest BCUT2D eigenvalue weighted by Gasteiger charge is 2.22. The summed E-state index contributed by atoms with van der Waals surface area (Å²) in [4.78, 5) is 12.5. The lowest BCUT2D eigenvalue weighted by Crippen LogP contribution is -2.14. The zero-order valence-electron chi connectivity index (χ0n) is 17.0. The van der Waals surface area contributed by atoms with E-state index < -0.39 is 16.0 Å². The van der Waals surface area contributed by atoms with Crippen LogP contribution in [0.3, 0.4) is 0 Å². The average molecular weight is 522 g/mol. The van der Waals surface area contributed by atoms with Crippen LogP contribution in [0.4, 0.5) is 5.69 Å². The number of hydrogen-bond donors (Lipinski definition) is 1. The number of amides is 1. The minimum Gasteiger partial charge on any atom is -0.377 e. The van der Waals surface area contributed by atoms with Crippen LogP contribution in [0.1, 0.15) is 11.1 Å². The Balaban J connectivity index is 2.00. The van der Waals surface area contributed by atoms with Gasteiger partial charge in [-0.2, -0.15) is 13.7 Å². The number of carbonyl (C=O) groups excluding carboxylic acids is 1.